The predicted molar refractivity (Wildman–Crippen MR) is 112 cm³/mol. The number of nitrogens with zero attached hydrogens (tertiary/aromatic N) is 2. The van der Waals surface area contributed by atoms with Crippen LogP contribution in [0.5, 0.6) is 0 Å². The van der Waals surface area contributed by atoms with E-state index in [0.29, 0.717) is 38.3 Å². The zero-order valence-corrected chi connectivity index (χ0v) is 18.3. The van der Waals surface area contributed by atoms with E-state index >= 15 is 0 Å². The maximum absolute atomic E-state index is 13.1. The highest BCUT2D eigenvalue weighted by atomic mass is 32.2. The van der Waals surface area contributed by atoms with Crippen molar-refractivity contribution in [2.45, 2.75) is 50.8 Å². The van der Waals surface area contributed by atoms with Crippen LogP contribution >= 0.6 is 0 Å². The average molecular weight is 421 g/mol. The molecule has 2 aliphatic heterocycles. The molecule has 29 heavy (non-hydrogen) atoms. The van der Waals surface area contributed by atoms with Gasteiger partial charge in [-0.05, 0) is 50.2 Å². The Balaban J connectivity index is 1.66. The molecule has 2 heterocycles. The zero-order chi connectivity index (χ0) is 21.0. The molecule has 2 fully saturated rings. The Labute approximate surface area is 174 Å². The van der Waals surface area contributed by atoms with Crippen molar-refractivity contribution in [3.8, 4) is 0 Å². The number of benzene rings is 1. The minimum atomic E-state index is -3.48. The van der Waals surface area contributed by atoms with Crippen LogP contribution in [0.25, 0.3) is 0 Å². The molecule has 3 rings (SSSR count). The van der Waals surface area contributed by atoms with Crippen molar-refractivity contribution in [1.29, 1.82) is 0 Å². The largest absolute Gasteiger partial charge is 0.342 e. The molecule has 0 N–H and O–H groups in total. The van der Waals surface area contributed by atoms with Crippen molar-refractivity contribution in [1.82, 2.24) is 9.80 Å². The summed E-state index contributed by atoms with van der Waals surface area (Å²) in [6, 6.07) is 6.47. The number of rotatable bonds is 5. The highest BCUT2D eigenvalue weighted by Gasteiger charge is 2.33. The lowest BCUT2D eigenvalue weighted by molar-refractivity contribution is -0.138. The highest BCUT2D eigenvalue weighted by molar-refractivity contribution is 7.91. The van der Waals surface area contributed by atoms with Crippen molar-refractivity contribution >= 4 is 21.7 Å². The normalized spacial score (nSPS) is 21.2. The minimum Gasteiger partial charge on any atom is -0.342 e. The number of hydrogen-bond acceptors (Lipinski definition) is 4. The lowest BCUT2D eigenvalue weighted by Crippen LogP contribution is -2.47. The number of hydrogen-bond donors (Lipinski definition) is 0. The predicted octanol–water partition coefficient (Wildman–Crippen LogP) is 2.98. The third-order valence-electron chi connectivity index (χ3n) is 6.03. The highest BCUT2D eigenvalue weighted by Crippen LogP contribution is 2.26. The molecule has 1 atom stereocenters. The topological polar surface area (TPSA) is 74.8 Å². The first kappa shape index (κ1) is 21.8. The fourth-order valence-corrected chi connectivity index (χ4v) is 5.97. The summed E-state index contributed by atoms with van der Waals surface area (Å²) in [7, 11) is -3.48. The van der Waals surface area contributed by atoms with E-state index in [-0.39, 0.29) is 33.9 Å². The molecule has 0 bridgehead atoms. The first-order valence-corrected chi connectivity index (χ1v) is 12.4. The van der Waals surface area contributed by atoms with Gasteiger partial charge in [0.1, 0.15) is 0 Å². The Morgan fingerprint density at radius 3 is 2.38 bits per heavy atom. The second-order valence-electron chi connectivity index (χ2n) is 8.41. The van der Waals surface area contributed by atoms with Gasteiger partial charge in [0.2, 0.25) is 5.91 Å². The van der Waals surface area contributed by atoms with Crippen LogP contribution in [0, 0.1) is 11.8 Å². The summed E-state index contributed by atoms with van der Waals surface area (Å²) >= 11 is 0. The molecular formula is C22H32N2O4S. The molecule has 0 spiro atoms. The SMILES string of the molecule is CCCS(=O)(=O)c1ccccc1C(=O)N1CCC(C(=O)N2CCCC(C)C2)CC1. The van der Waals surface area contributed by atoms with Gasteiger partial charge in [0, 0.05) is 32.1 Å². The number of carbonyl (C=O) groups excluding carboxylic acids is 2. The van der Waals surface area contributed by atoms with Crippen molar-refractivity contribution in [2.75, 3.05) is 31.9 Å². The molecule has 1 aromatic carbocycles. The van der Waals surface area contributed by atoms with Crippen LogP contribution in [0.15, 0.2) is 29.2 Å². The monoisotopic (exact) mass is 420 g/mol. The van der Waals surface area contributed by atoms with Crippen molar-refractivity contribution in [3.63, 3.8) is 0 Å². The van der Waals surface area contributed by atoms with E-state index in [1.807, 2.05) is 11.8 Å². The number of likely N-dealkylation sites (tertiary alicyclic amines) is 2. The molecule has 2 saturated heterocycles. The molecule has 2 aliphatic rings. The summed E-state index contributed by atoms with van der Waals surface area (Å²) in [5.41, 5.74) is 0.246. The fraction of sp³-hybridized carbons (Fsp3) is 0.636. The zero-order valence-electron chi connectivity index (χ0n) is 17.5. The van der Waals surface area contributed by atoms with Gasteiger partial charge in [-0.15, -0.1) is 0 Å². The molecule has 0 aromatic heterocycles. The Morgan fingerprint density at radius 1 is 1.03 bits per heavy atom. The van der Waals surface area contributed by atoms with Gasteiger partial charge in [0.15, 0.2) is 9.84 Å². The number of sulfone groups is 1. The van der Waals surface area contributed by atoms with Gasteiger partial charge in [-0.3, -0.25) is 9.59 Å². The molecule has 2 amide bonds. The molecule has 1 unspecified atom stereocenters. The lowest BCUT2D eigenvalue weighted by Gasteiger charge is -2.37. The first-order chi connectivity index (χ1) is 13.8. The molecular weight excluding hydrogens is 388 g/mol. The first-order valence-electron chi connectivity index (χ1n) is 10.7. The smallest absolute Gasteiger partial charge is 0.255 e. The molecule has 1 aromatic rings. The molecule has 6 nitrogen and oxygen atoms in total. The Hall–Kier alpha value is -1.89. The standard InChI is InChI=1S/C22H32N2O4S/c1-3-15-29(27,28)20-9-5-4-8-19(20)22(26)23-13-10-18(11-14-23)21(25)24-12-6-7-17(2)16-24/h4-5,8-9,17-18H,3,6-7,10-16H2,1-2H3. The van der Waals surface area contributed by atoms with Crippen LogP contribution in [0.2, 0.25) is 0 Å². The van der Waals surface area contributed by atoms with E-state index in [9.17, 15) is 18.0 Å². The van der Waals surface area contributed by atoms with E-state index < -0.39 is 9.84 Å². The van der Waals surface area contributed by atoms with E-state index in [4.69, 9.17) is 0 Å². The van der Waals surface area contributed by atoms with Gasteiger partial charge in [0.25, 0.3) is 5.91 Å². The van der Waals surface area contributed by atoms with Crippen LogP contribution in [0.3, 0.4) is 0 Å². The second kappa shape index (κ2) is 9.28. The van der Waals surface area contributed by atoms with Gasteiger partial charge in [0.05, 0.1) is 16.2 Å². The van der Waals surface area contributed by atoms with E-state index in [2.05, 4.69) is 6.92 Å². The van der Waals surface area contributed by atoms with E-state index in [1.165, 1.54) is 12.5 Å². The summed E-state index contributed by atoms with van der Waals surface area (Å²) in [5.74, 6) is 0.508. The summed E-state index contributed by atoms with van der Waals surface area (Å²) in [6.07, 6.45) is 4.02. The van der Waals surface area contributed by atoms with Crippen LogP contribution in [0.4, 0.5) is 0 Å². The van der Waals surface area contributed by atoms with Crippen molar-refractivity contribution in [2.24, 2.45) is 11.8 Å². The van der Waals surface area contributed by atoms with Crippen molar-refractivity contribution in [3.05, 3.63) is 29.8 Å². The lowest BCUT2D eigenvalue weighted by atomic mass is 9.92. The molecule has 160 valence electrons. The summed E-state index contributed by atoms with van der Waals surface area (Å²) in [4.78, 5) is 29.7. The van der Waals surface area contributed by atoms with Crippen LogP contribution in [-0.4, -0.2) is 62.0 Å². The summed E-state index contributed by atoms with van der Waals surface area (Å²) in [5, 5.41) is 0. The fourth-order valence-electron chi connectivity index (χ4n) is 4.44. The van der Waals surface area contributed by atoms with Crippen LogP contribution in [-0.2, 0) is 14.6 Å². The minimum absolute atomic E-state index is 0.0299. The van der Waals surface area contributed by atoms with Gasteiger partial charge in [-0.1, -0.05) is 26.0 Å². The molecule has 0 saturated carbocycles. The maximum Gasteiger partial charge on any atom is 0.255 e. The molecule has 7 heteroatoms. The third-order valence-corrected chi connectivity index (χ3v) is 8.00. The number of amides is 2. The summed E-state index contributed by atoms with van der Waals surface area (Å²) < 4.78 is 25.1. The van der Waals surface area contributed by atoms with Crippen LogP contribution < -0.4 is 0 Å². The molecule has 0 radical (unpaired) electrons. The van der Waals surface area contributed by atoms with Gasteiger partial charge in [-0.2, -0.15) is 0 Å². The Morgan fingerprint density at radius 2 is 1.72 bits per heavy atom. The quantitative estimate of drug-likeness (QED) is 0.734. The van der Waals surface area contributed by atoms with E-state index in [1.54, 1.807) is 23.1 Å². The van der Waals surface area contributed by atoms with Crippen LogP contribution in [0.1, 0.15) is 56.3 Å². The van der Waals surface area contributed by atoms with Gasteiger partial charge < -0.3 is 9.80 Å². The van der Waals surface area contributed by atoms with Gasteiger partial charge >= 0.3 is 0 Å². The number of carbonyl (C=O) groups is 2. The maximum atomic E-state index is 13.1. The molecule has 0 aliphatic carbocycles. The summed E-state index contributed by atoms with van der Waals surface area (Å²) in [6.45, 7) is 6.64. The van der Waals surface area contributed by atoms with Gasteiger partial charge in [-0.25, -0.2) is 8.42 Å². The van der Waals surface area contributed by atoms with Crippen molar-refractivity contribution < 1.29 is 18.0 Å². The second-order valence-corrected chi connectivity index (χ2v) is 10.5. The third kappa shape index (κ3) is 5.00. The Bertz CT molecular complexity index is 844. The Kier molecular flexibility index (Phi) is 6.98. The number of piperidine rings is 2. The van der Waals surface area contributed by atoms with E-state index in [0.717, 1.165) is 19.5 Å². The average Bonchev–Trinajstić information content (AvgIpc) is 2.73.